The highest BCUT2D eigenvalue weighted by atomic mass is 16.3. The van der Waals surface area contributed by atoms with E-state index in [4.69, 9.17) is 0 Å². The van der Waals surface area contributed by atoms with E-state index in [1.54, 1.807) is 6.08 Å². The molecular weight excluding hydrogens is 552 g/mol. The van der Waals surface area contributed by atoms with E-state index < -0.39 is 29.3 Å². The molecule has 0 fully saturated rings. The molecule has 5 rings (SSSR count). The maximum Gasteiger partial charge on any atom is 0.171 e. The summed E-state index contributed by atoms with van der Waals surface area (Å²) in [5, 5.41) is 82.4. The number of ketones is 1. The van der Waals surface area contributed by atoms with Crippen molar-refractivity contribution in [3.63, 3.8) is 0 Å². The third-order valence-electron chi connectivity index (χ3n) is 7.70. The first-order valence-electron chi connectivity index (χ1n) is 13.4. The van der Waals surface area contributed by atoms with Gasteiger partial charge >= 0.3 is 0 Å². The van der Waals surface area contributed by atoms with Crippen molar-refractivity contribution in [2.24, 2.45) is 5.92 Å². The number of allylic oxidation sites excluding steroid dienone is 2. The summed E-state index contributed by atoms with van der Waals surface area (Å²) in [6, 6.07) is 14.4. The van der Waals surface area contributed by atoms with Gasteiger partial charge in [-0.2, -0.15) is 0 Å². The first kappa shape index (κ1) is 28.9. The second-order valence-corrected chi connectivity index (χ2v) is 10.8. The summed E-state index contributed by atoms with van der Waals surface area (Å²) in [5.41, 5.74) is 2.17. The van der Waals surface area contributed by atoms with E-state index in [9.17, 15) is 45.6 Å². The van der Waals surface area contributed by atoms with E-state index in [-0.39, 0.29) is 56.9 Å². The SMILES string of the molecule is CC1=CC(c2cc(C=Cc3cc(O)cc(O)c3)c(O)cc2O)C(C(=O)c2ccc(O)cc2O)C(c2ccc(O)cc2O)C1. The lowest BCUT2D eigenvalue weighted by molar-refractivity contribution is 0.0877. The van der Waals surface area contributed by atoms with Gasteiger partial charge in [0.1, 0.15) is 46.0 Å². The Bertz CT molecular complexity index is 1770. The zero-order valence-corrected chi connectivity index (χ0v) is 23.0. The topological polar surface area (TPSA) is 179 Å². The molecule has 43 heavy (non-hydrogen) atoms. The Labute approximate surface area is 246 Å². The summed E-state index contributed by atoms with van der Waals surface area (Å²) in [7, 11) is 0. The quantitative estimate of drug-likeness (QED) is 0.0744. The normalized spacial score (nSPS) is 18.4. The fourth-order valence-corrected chi connectivity index (χ4v) is 5.80. The molecule has 9 nitrogen and oxygen atoms in total. The Balaban J connectivity index is 1.66. The van der Waals surface area contributed by atoms with Gasteiger partial charge in [0, 0.05) is 53.1 Å². The van der Waals surface area contributed by atoms with Crippen LogP contribution >= 0.6 is 0 Å². The Morgan fingerprint density at radius 1 is 0.651 bits per heavy atom. The Morgan fingerprint density at radius 2 is 1.28 bits per heavy atom. The summed E-state index contributed by atoms with van der Waals surface area (Å²) in [5.74, 6) is -4.85. The predicted molar refractivity (Wildman–Crippen MR) is 160 cm³/mol. The number of hydrogen-bond acceptors (Lipinski definition) is 9. The molecule has 0 saturated carbocycles. The molecule has 1 aliphatic rings. The van der Waals surface area contributed by atoms with Gasteiger partial charge in [-0.25, -0.2) is 0 Å². The molecule has 0 saturated heterocycles. The zero-order valence-electron chi connectivity index (χ0n) is 23.0. The van der Waals surface area contributed by atoms with Crippen molar-refractivity contribution < 1.29 is 45.6 Å². The van der Waals surface area contributed by atoms with E-state index in [1.807, 2.05) is 13.0 Å². The molecule has 4 aromatic rings. The number of Topliss-reactive ketones (excluding diaryl/α,β-unsaturated/α-hetero) is 1. The number of carbonyl (C=O) groups is 1. The summed E-state index contributed by atoms with van der Waals surface area (Å²) < 4.78 is 0. The molecule has 0 radical (unpaired) electrons. The van der Waals surface area contributed by atoms with Gasteiger partial charge in [-0.3, -0.25) is 4.79 Å². The molecule has 0 aromatic heterocycles. The molecule has 1 aliphatic carbocycles. The summed E-state index contributed by atoms with van der Waals surface area (Å²) in [6.45, 7) is 1.85. The smallest absolute Gasteiger partial charge is 0.171 e. The van der Waals surface area contributed by atoms with Crippen molar-refractivity contribution in [2.45, 2.75) is 25.2 Å². The van der Waals surface area contributed by atoms with Crippen LogP contribution in [-0.2, 0) is 0 Å². The van der Waals surface area contributed by atoms with Gasteiger partial charge in [-0.15, -0.1) is 0 Å². The van der Waals surface area contributed by atoms with Crippen LogP contribution in [0.1, 0.15) is 57.8 Å². The molecule has 3 unspecified atom stereocenters. The molecule has 9 heteroatoms. The second-order valence-electron chi connectivity index (χ2n) is 10.8. The van der Waals surface area contributed by atoms with Crippen molar-refractivity contribution in [1.82, 2.24) is 0 Å². The molecular formula is C34H30O9. The average Bonchev–Trinajstić information content (AvgIpc) is 2.91. The van der Waals surface area contributed by atoms with E-state index in [0.717, 1.165) is 17.7 Å². The molecule has 0 bridgehead atoms. The number of hydrogen-bond donors (Lipinski definition) is 8. The van der Waals surface area contributed by atoms with Crippen LogP contribution in [0, 0.1) is 5.92 Å². The van der Waals surface area contributed by atoms with Crippen LogP contribution in [0.3, 0.4) is 0 Å². The van der Waals surface area contributed by atoms with Gasteiger partial charge in [-0.1, -0.05) is 29.9 Å². The molecule has 220 valence electrons. The number of phenolic OH excluding ortho intramolecular Hbond substituents is 8. The number of carbonyl (C=O) groups excluding carboxylic acids is 1. The van der Waals surface area contributed by atoms with Crippen molar-refractivity contribution in [3.8, 4) is 46.0 Å². The Hall–Kier alpha value is -5.57. The maximum atomic E-state index is 14.2. The van der Waals surface area contributed by atoms with Crippen LogP contribution in [0.5, 0.6) is 46.0 Å². The van der Waals surface area contributed by atoms with Crippen molar-refractivity contribution in [1.29, 1.82) is 0 Å². The van der Waals surface area contributed by atoms with Crippen LogP contribution < -0.4 is 0 Å². The molecule has 8 N–H and O–H groups in total. The minimum atomic E-state index is -0.982. The summed E-state index contributed by atoms with van der Waals surface area (Å²) in [6.07, 6.45) is 5.24. The highest BCUT2D eigenvalue weighted by Crippen LogP contribution is 2.51. The van der Waals surface area contributed by atoms with Crippen LogP contribution in [0.4, 0.5) is 0 Å². The lowest BCUT2D eigenvalue weighted by atomic mass is 9.65. The number of phenols is 8. The van der Waals surface area contributed by atoms with E-state index in [1.165, 1.54) is 60.7 Å². The van der Waals surface area contributed by atoms with Crippen LogP contribution in [0.2, 0.25) is 0 Å². The van der Waals surface area contributed by atoms with Crippen molar-refractivity contribution >= 4 is 17.9 Å². The first-order valence-corrected chi connectivity index (χ1v) is 13.4. The molecule has 4 aromatic carbocycles. The molecule has 0 aliphatic heterocycles. The lowest BCUT2D eigenvalue weighted by Gasteiger charge is -2.37. The van der Waals surface area contributed by atoms with Gasteiger partial charge in [0.05, 0.1) is 5.56 Å². The number of benzene rings is 4. The monoisotopic (exact) mass is 582 g/mol. The molecule has 3 atom stereocenters. The van der Waals surface area contributed by atoms with E-state index >= 15 is 0 Å². The van der Waals surface area contributed by atoms with Gasteiger partial charge < -0.3 is 40.9 Å². The first-order chi connectivity index (χ1) is 20.4. The van der Waals surface area contributed by atoms with Crippen LogP contribution in [0.15, 0.2) is 78.4 Å². The van der Waals surface area contributed by atoms with Crippen LogP contribution in [0.25, 0.3) is 12.2 Å². The third kappa shape index (κ3) is 5.92. The number of aromatic hydroxyl groups is 8. The fraction of sp³-hybridized carbons (Fsp3) is 0.147. The number of rotatable bonds is 6. The largest absolute Gasteiger partial charge is 0.508 e. The Morgan fingerprint density at radius 3 is 1.93 bits per heavy atom. The minimum Gasteiger partial charge on any atom is -0.508 e. The average molecular weight is 583 g/mol. The minimum absolute atomic E-state index is 0.0638. The molecule has 0 heterocycles. The second kappa shape index (κ2) is 11.4. The highest BCUT2D eigenvalue weighted by molar-refractivity contribution is 6.02. The maximum absolute atomic E-state index is 14.2. The fourth-order valence-electron chi connectivity index (χ4n) is 5.80. The van der Waals surface area contributed by atoms with Crippen molar-refractivity contribution in [3.05, 3.63) is 106 Å². The van der Waals surface area contributed by atoms with E-state index in [0.29, 0.717) is 17.5 Å². The van der Waals surface area contributed by atoms with Crippen molar-refractivity contribution in [2.75, 3.05) is 0 Å². The van der Waals surface area contributed by atoms with E-state index in [2.05, 4.69) is 0 Å². The summed E-state index contributed by atoms with van der Waals surface area (Å²) >= 11 is 0. The summed E-state index contributed by atoms with van der Waals surface area (Å²) in [4.78, 5) is 14.2. The lowest BCUT2D eigenvalue weighted by Crippen LogP contribution is -2.31. The van der Waals surface area contributed by atoms with Crippen LogP contribution in [-0.4, -0.2) is 46.6 Å². The molecule has 0 spiro atoms. The standard InChI is InChI=1S/C34H30O9/c1-17-8-27(24-6-4-20(35)14-30(24)40)33(34(43)25-7-5-21(36)15-31(25)41)28(9-17)26-12-19(29(39)16-32(26)42)3-2-18-10-22(37)13-23(38)11-18/h2-7,9-16,27-28,33,35-42H,8H2,1H3. The highest BCUT2D eigenvalue weighted by Gasteiger charge is 2.42. The predicted octanol–water partition coefficient (Wildman–Crippen LogP) is 6.22. The molecule has 0 amide bonds. The third-order valence-corrected chi connectivity index (χ3v) is 7.70. The Kier molecular flexibility index (Phi) is 7.65. The van der Waals surface area contributed by atoms with Gasteiger partial charge in [-0.05, 0) is 60.9 Å². The zero-order chi connectivity index (χ0) is 31.0. The van der Waals surface area contributed by atoms with Gasteiger partial charge in [0.15, 0.2) is 5.78 Å². The van der Waals surface area contributed by atoms with Gasteiger partial charge in [0.25, 0.3) is 0 Å². The van der Waals surface area contributed by atoms with Gasteiger partial charge in [0.2, 0.25) is 0 Å².